The third-order valence-corrected chi connectivity index (χ3v) is 3.17. The second kappa shape index (κ2) is 8.56. The standard InChI is InChI=1S/C15H17BrO5/c1-3-20-14(18)9-21-15(19)10(2)7-13(17)11-5-4-6-12(16)8-11/h4-6,8,10H,3,7,9H2,1-2H3/t10-/m0/s1. The highest BCUT2D eigenvalue weighted by atomic mass is 79.9. The molecule has 0 aliphatic rings. The van der Waals surface area contributed by atoms with Gasteiger partial charge in [-0.05, 0) is 19.1 Å². The lowest BCUT2D eigenvalue weighted by atomic mass is 10.00. The van der Waals surface area contributed by atoms with E-state index in [9.17, 15) is 14.4 Å². The Morgan fingerprint density at radius 2 is 1.95 bits per heavy atom. The van der Waals surface area contributed by atoms with Gasteiger partial charge in [0, 0.05) is 16.5 Å². The molecule has 0 heterocycles. The number of carbonyl (C=O) groups excluding carboxylic acids is 3. The number of ether oxygens (including phenoxy) is 2. The van der Waals surface area contributed by atoms with Crippen molar-refractivity contribution < 1.29 is 23.9 Å². The smallest absolute Gasteiger partial charge is 0.344 e. The molecule has 1 atom stereocenters. The van der Waals surface area contributed by atoms with Crippen molar-refractivity contribution in [2.24, 2.45) is 5.92 Å². The van der Waals surface area contributed by atoms with Crippen LogP contribution in [-0.4, -0.2) is 30.9 Å². The molecule has 0 fully saturated rings. The molecule has 0 aliphatic carbocycles. The van der Waals surface area contributed by atoms with Gasteiger partial charge in [0.2, 0.25) is 0 Å². The molecule has 0 spiro atoms. The number of esters is 2. The Kier molecular flexibility index (Phi) is 7.08. The van der Waals surface area contributed by atoms with E-state index in [1.54, 1.807) is 32.0 Å². The van der Waals surface area contributed by atoms with Crippen LogP contribution in [0.15, 0.2) is 28.7 Å². The van der Waals surface area contributed by atoms with Crippen molar-refractivity contribution in [2.45, 2.75) is 20.3 Å². The number of rotatable bonds is 7. The van der Waals surface area contributed by atoms with E-state index >= 15 is 0 Å². The van der Waals surface area contributed by atoms with E-state index in [1.165, 1.54) is 0 Å². The molecule has 0 amide bonds. The highest BCUT2D eigenvalue weighted by Crippen LogP contribution is 2.16. The molecule has 6 heteroatoms. The van der Waals surface area contributed by atoms with Crippen LogP contribution in [0.1, 0.15) is 30.6 Å². The summed E-state index contributed by atoms with van der Waals surface area (Å²) in [5.74, 6) is -1.97. The molecule has 1 rings (SSSR count). The van der Waals surface area contributed by atoms with Gasteiger partial charge in [-0.2, -0.15) is 0 Å². The van der Waals surface area contributed by atoms with Crippen LogP contribution in [0.4, 0.5) is 0 Å². The second-order valence-corrected chi connectivity index (χ2v) is 5.37. The topological polar surface area (TPSA) is 69.7 Å². The van der Waals surface area contributed by atoms with Crippen LogP contribution >= 0.6 is 15.9 Å². The average Bonchev–Trinajstić information content (AvgIpc) is 2.44. The third kappa shape index (κ3) is 6.08. The van der Waals surface area contributed by atoms with Crippen molar-refractivity contribution in [2.75, 3.05) is 13.2 Å². The molecule has 5 nitrogen and oxygen atoms in total. The van der Waals surface area contributed by atoms with Gasteiger partial charge in [-0.3, -0.25) is 9.59 Å². The van der Waals surface area contributed by atoms with Crippen LogP contribution in [0, 0.1) is 5.92 Å². The summed E-state index contributed by atoms with van der Waals surface area (Å²) in [4.78, 5) is 34.8. The summed E-state index contributed by atoms with van der Waals surface area (Å²) in [7, 11) is 0. The Labute approximate surface area is 131 Å². The molecule has 0 N–H and O–H groups in total. The van der Waals surface area contributed by atoms with Crippen LogP contribution in [0.3, 0.4) is 0 Å². The number of carbonyl (C=O) groups is 3. The molecule has 114 valence electrons. The Hall–Kier alpha value is -1.69. The first-order valence-electron chi connectivity index (χ1n) is 6.55. The van der Waals surface area contributed by atoms with Crippen LogP contribution in [0.2, 0.25) is 0 Å². The van der Waals surface area contributed by atoms with E-state index < -0.39 is 24.5 Å². The second-order valence-electron chi connectivity index (χ2n) is 4.45. The van der Waals surface area contributed by atoms with Gasteiger partial charge in [0.25, 0.3) is 0 Å². The molecule has 0 unspecified atom stereocenters. The molecule has 1 aromatic rings. The number of hydrogen-bond acceptors (Lipinski definition) is 5. The fourth-order valence-electron chi connectivity index (χ4n) is 1.62. The highest BCUT2D eigenvalue weighted by Gasteiger charge is 2.20. The largest absolute Gasteiger partial charge is 0.463 e. The zero-order valence-corrected chi connectivity index (χ0v) is 13.5. The van der Waals surface area contributed by atoms with E-state index in [2.05, 4.69) is 20.7 Å². The fraction of sp³-hybridized carbons (Fsp3) is 0.400. The predicted molar refractivity (Wildman–Crippen MR) is 79.8 cm³/mol. The quantitative estimate of drug-likeness (QED) is 0.554. The molecular formula is C15H17BrO5. The first kappa shape index (κ1) is 17.4. The number of hydrogen-bond donors (Lipinski definition) is 0. The molecule has 1 aromatic carbocycles. The Morgan fingerprint density at radius 1 is 1.24 bits per heavy atom. The van der Waals surface area contributed by atoms with Crippen molar-refractivity contribution in [1.82, 2.24) is 0 Å². The zero-order chi connectivity index (χ0) is 15.8. The van der Waals surface area contributed by atoms with Crippen molar-refractivity contribution in [3.05, 3.63) is 34.3 Å². The van der Waals surface area contributed by atoms with Gasteiger partial charge < -0.3 is 9.47 Å². The molecule has 0 saturated heterocycles. The maximum absolute atomic E-state index is 12.0. The van der Waals surface area contributed by atoms with E-state index in [0.717, 1.165) is 4.47 Å². The first-order chi connectivity index (χ1) is 9.93. The summed E-state index contributed by atoms with van der Waals surface area (Å²) in [6.45, 7) is 3.05. The molecule has 0 saturated carbocycles. The normalized spacial score (nSPS) is 11.6. The maximum Gasteiger partial charge on any atom is 0.344 e. The van der Waals surface area contributed by atoms with Gasteiger partial charge in [-0.15, -0.1) is 0 Å². The summed E-state index contributed by atoms with van der Waals surface area (Å²) in [6, 6.07) is 6.94. The van der Waals surface area contributed by atoms with E-state index in [0.29, 0.717) is 5.56 Å². The molecule has 0 bridgehead atoms. The summed E-state index contributed by atoms with van der Waals surface area (Å²) in [5, 5.41) is 0. The van der Waals surface area contributed by atoms with Crippen LogP contribution in [0.5, 0.6) is 0 Å². The number of Topliss-reactive ketones (excluding diaryl/α,β-unsaturated/α-hetero) is 1. The monoisotopic (exact) mass is 356 g/mol. The number of benzene rings is 1. The van der Waals surface area contributed by atoms with Crippen molar-refractivity contribution in [3.63, 3.8) is 0 Å². The van der Waals surface area contributed by atoms with Crippen LogP contribution < -0.4 is 0 Å². The minimum absolute atomic E-state index is 0.0259. The first-order valence-corrected chi connectivity index (χ1v) is 7.34. The minimum Gasteiger partial charge on any atom is -0.463 e. The summed E-state index contributed by atoms with van der Waals surface area (Å²) in [5.41, 5.74) is 0.523. The Bertz CT molecular complexity index is 527. The van der Waals surface area contributed by atoms with Gasteiger partial charge in [-0.25, -0.2) is 4.79 Å². The average molecular weight is 357 g/mol. The van der Waals surface area contributed by atoms with E-state index in [1.807, 2.05) is 6.07 Å². The van der Waals surface area contributed by atoms with Crippen molar-refractivity contribution in [3.8, 4) is 0 Å². The van der Waals surface area contributed by atoms with Gasteiger partial charge in [0.1, 0.15) is 0 Å². The highest BCUT2D eigenvalue weighted by molar-refractivity contribution is 9.10. The number of ketones is 1. The molecule has 0 radical (unpaired) electrons. The van der Waals surface area contributed by atoms with Gasteiger partial charge >= 0.3 is 11.9 Å². The minimum atomic E-state index is -0.620. The Morgan fingerprint density at radius 3 is 2.57 bits per heavy atom. The summed E-state index contributed by atoms with van der Waals surface area (Å²) in [6.07, 6.45) is 0.0259. The lowest BCUT2D eigenvalue weighted by Gasteiger charge is -2.10. The maximum atomic E-state index is 12.0. The Balaban J connectivity index is 2.48. The lowest BCUT2D eigenvalue weighted by molar-refractivity contribution is -0.160. The van der Waals surface area contributed by atoms with E-state index in [4.69, 9.17) is 4.74 Å². The molecule has 0 aliphatic heterocycles. The number of halogens is 1. The zero-order valence-electron chi connectivity index (χ0n) is 11.9. The summed E-state index contributed by atoms with van der Waals surface area (Å²) >= 11 is 3.29. The molecular weight excluding hydrogens is 340 g/mol. The van der Waals surface area contributed by atoms with Crippen LogP contribution in [-0.2, 0) is 19.1 Å². The summed E-state index contributed by atoms with van der Waals surface area (Å²) < 4.78 is 10.2. The van der Waals surface area contributed by atoms with Gasteiger partial charge in [-0.1, -0.05) is 35.0 Å². The SMILES string of the molecule is CCOC(=O)COC(=O)[C@@H](C)CC(=O)c1cccc(Br)c1. The predicted octanol–water partition coefficient (Wildman–Crippen LogP) is 2.76. The van der Waals surface area contributed by atoms with Gasteiger partial charge in [0.05, 0.1) is 12.5 Å². The fourth-order valence-corrected chi connectivity index (χ4v) is 2.02. The van der Waals surface area contributed by atoms with Crippen molar-refractivity contribution in [1.29, 1.82) is 0 Å². The molecule has 21 heavy (non-hydrogen) atoms. The van der Waals surface area contributed by atoms with Crippen molar-refractivity contribution >= 4 is 33.7 Å². The third-order valence-electron chi connectivity index (χ3n) is 2.68. The van der Waals surface area contributed by atoms with E-state index in [-0.39, 0.29) is 18.8 Å². The van der Waals surface area contributed by atoms with Crippen LogP contribution in [0.25, 0.3) is 0 Å². The van der Waals surface area contributed by atoms with Gasteiger partial charge in [0.15, 0.2) is 12.4 Å². The molecule has 0 aromatic heterocycles. The lowest BCUT2D eigenvalue weighted by Crippen LogP contribution is -2.22.